The summed E-state index contributed by atoms with van der Waals surface area (Å²) in [5.41, 5.74) is 2.27. The van der Waals surface area contributed by atoms with E-state index in [1.165, 1.54) is 0 Å². The smallest absolute Gasteiger partial charge is 0.290 e. The largest absolute Gasteiger partial charge is 0.497 e. The summed E-state index contributed by atoms with van der Waals surface area (Å²) in [6, 6.07) is 14.5. The molecule has 26 heavy (non-hydrogen) atoms. The summed E-state index contributed by atoms with van der Waals surface area (Å²) in [5.74, 6) is 1.89. The van der Waals surface area contributed by atoms with Gasteiger partial charge in [0.15, 0.2) is 11.5 Å². The van der Waals surface area contributed by atoms with Gasteiger partial charge in [0.2, 0.25) is 12.6 Å². The topological polar surface area (TPSA) is 82.8 Å². The summed E-state index contributed by atoms with van der Waals surface area (Å²) in [5, 5.41) is 6.76. The van der Waals surface area contributed by atoms with Crippen LogP contribution in [0.3, 0.4) is 0 Å². The van der Waals surface area contributed by atoms with Gasteiger partial charge in [-0.3, -0.25) is 4.79 Å². The molecular weight excluding hydrogens is 336 g/mol. The molecule has 132 valence electrons. The molecule has 1 N–H and O–H groups in total. The Kier molecular flexibility index (Phi) is 4.18. The summed E-state index contributed by atoms with van der Waals surface area (Å²) in [6.07, 6.45) is 0. The van der Waals surface area contributed by atoms with Crippen molar-refractivity contribution in [3.8, 4) is 28.5 Å². The Hall–Kier alpha value is -3.48. The van der Waals surface area contributed by atoms with Crippen LogP contribution in [-0.2, 0) is 6.54 Å². The van der Waals surface area contributed by atoms with Crippen LogP contribution in [0.25, 0.3) is 11.3 Å². The molecule has 0 aliphatic carbocycles. The first-order chi connectivity index (χ1) is 12.7. The second kappa shape index (κ2) is 6.79. The number of amides is 1. The maximum absolute atomic E-state index is 12.3. The monoisotopic (exact) mass is 352 g/mol. The molecule has 3 aromatic rings. The van der Waals surface area contributed by atoms with Gasteiger partial charge in [0.1, 0.15) is 11.4 Å². The number of benzene rings is 2. The van der Waals surface area contributed by atoms with Gasteiger partial charge < -0.3 is 24.1 Å². The Morgan fingerprint density at radius 1 is 1.15 bits per heavy atom. The maximum Gasteiger partial charge on any atom is 0.290 e. The van der Waals surface area contributed by atoms with Gasteiger partial charge in [-0.2, -0.15) is 0 Å². The number of hydrogen-bond donors (Lipinski definition) is 1. The second-order valence-electron chi connectivity index (χ2n) is 5.68. The highest BCUT2D eigenvalue weighted by molar-refractivity contribution is 5.92. The molecule has 0 radical (unpaired) electrons. The first-order valence-electron chi connectivity index (χ1n) is 8.01. The van der Waals surface area contributed by atoms with E-state index in [2.05, 4.69) is 10.5 Å². The van der Waals surface area contributed by atoms with Gasteiger partial charge >= 0.3 is 0 Å². The molecule has 4 rings (SSSR count). The molecule has 0 atom stereocenters. The third-order valence-corrected chi connectivity index (χ3v) is 3.99. The Morgan fingerprint density at radius 3 is 2.92 bits per heavy atom. The highest BCUT2D eigenvalue weighted by Crippen LogP contribution is 2.32. The molecule has 0 unspecified atom stereocenters. The van der Waals surface area contributed by atoms with E-state index in [1.807, 2.05) is 42.5 Å². The average molecular weight is 352 g/mol. The van der Waals surface area contributed by atoms with Gasteiger partial charge in [-0.15, -0.1) is 0 Å². The van der Waals surface area contributed by atoms with E-state index in [-0.39, 0.29) is 18.5 Å². The summed E-state index contributed by atoms with van der Waals surface area (Å²) in [6.45, 7) is 0.556. The molecule has 0 saturated heterocycles. The molecule has 7 nitrogen and oxygen atoms in total. The molecule has 2 heterocycles. The molecule has 0 spiro atoms. The summed E-state index contributed by atoms with van der Waals surface area (Å²) in [4.78, 5) is 12.3. The van der Waals surface area contributed by atoms with Crippen molar-refractivity contribution in [3.05, 3.63) is 59.9 Å². The van der Waals surface area contributed by atoms with E-state index < -0.39 is 0 Å². The molecule has 0 fully saturated rings. The minimum Gasteiger partial charge on any atom is -0.497 e. The minimum absolute atomic E-state index is 0.142. The molecule has 1 amide bonds. The minimum atomic E-state index is -0.343. The molecule has 2 aromatic carbocycles. The second-order valence-corrected chi connectivity index (χ2v) is 5.68. The van der Waals surface area contributed by atoms with Crippen LogP contribution < -0.4 is 19.5 Å². The number of nitrogens with one attached hydrogen (secondary N) is 1. The van der Waals surface area contributed by atoms with Crippen LogP contribution in [0.4, 0.5) is 0 Å². The van der Waals surface area contributed by atoms with Crippen molar-refractivity contribution in [2.75, 3.05) is 13.9 Å². The van der Waals surface area contributed by atoms with Crippen molar-refractivity contribution in [3.63, 3.8) is 0 Å². The van der Waals surface area contributed by atoms with Crippen LogP contribution in [-0.4, -0.2) is 25.0 Å². The van der Waals surface area contributed by atoms with Gasteiger partial charge in [0, 0.05) is 18.2 Å². The number of aromatic nitrogens is 1. The van der Waals surface area contributed by atoms with E-state index in [4.69, 9.17) is 18.7 Å². The van der Waals surface area contributed by atoms with Crippen molar-refractivity contribution in [2.45, 2.75) is 6.54 Å². The zero-order chi connectivity index (χ0) is 17.9. The van der Waals surface area contributed by atoms with E-state index in [0.717, 1.165) is 11.1 Å². The van der Waals surface area contributed by atoms with E-state index in [9.17, 15) is 4.79 Å². The quantitative estimate of drug-likeness (QED) is 0.760. The number of nitrogens with zero attached hydrogens (tertiary/aromatic N) is 1. The first-order valence-corrected chi connectivity index (χ1v) is 8.01. The number of fused-ring (bicyclic) bond motifs is 1. The van der Waals surface area contributed by atoms with Crippen LogP contribution in [0, 0.1) is 0 Å². The van der Waals surface area contributed by atoms with E-state index in [1.54, 1.807) is 13.2 Å². The maximum atomic E-state index is 12.3. The lowest BCUT2D eigenvalue weighted by Gasteiger charge is -2.04. The fourth-order valence-electron chi connectivity index (χ4n) is 2.62. The van der Waals surface area contributed by atoms with E-state index in [0.29, 0.717) is 29.5 Å². The fourth-order valence-corrected chi connectivity index (χ4v) is 2.62. The Labute approximate surface area is 149 Å². The highest BCUT2D eigenvalue weighted by Gasteiger charge is 2.16. The van der Waals surface area contributed by atoms with Crippen molar-refractivity contribution < 1.29 is 23.5 Å². The fraction of sp³-hybridized carbons (Fsp3) is 0.158. The summed E-state index contributed by atoms with van der Waals surface area (Å²) < 4.78 is 21.0. The average Bonchev–Trinajstić information content (AvgIpc) is 3.35. The molecule has 1 aromatic heterocycles. The lowest BCUT2D eigenvalue weighted by atomic mass is 10.1. The lowest BCUT2D eigenvalue weighted by Crippen LogP contribution is -2.22. The number of carbonyl (C=O) groups excluding carboxylic acids is 1. The zero-order valence-corrected chi connectivity index (χ0v) is 14.0. The summed E-state index contributed by atoms with van der Waals surface area (Å²) in [7, 11) is 1.59. The van der Waals surface area contributed by atoms with Crippen molar-refractivity contribution in [1.29, 1.82) is 0 Å². The lowest BCUT2D eigenvalue weighted by molar-refractivity contribution is 0.0914. The number of methoxy groups -OCH3 is 1. The van der Waals surface area contributed by atoms with Gasteiger partial charge in [0.25, 0.3) is 5.91 Å². The van der Waals surface area contributed by atoms with Crippen LogP contribution >= 0.6 is 0 Å². The molecule has 0 bridgehead atoms. The van der Waals surface area contributed by atoms with Crippen molar-refractivity contribution in [2.24, 2.45) is 0 Å². The standard InChI is InChI=1S/C19H16N2O5/c1-23-14-4-2-3-13(8-14)15-9-18(26-21-15)19(22)20-10-12-5-6-16-17(7-12)25-11-24-16/h2-9H,10-11H2,1H3,(H,20,22). The normalized spacial score (nSPS) is 12.0. The molecular formula is C19H16N2O5. The van der Waals surface area contributed by atoms with Crippen LogP contribution in [0.15, 0.2) is 53.1 Å². The molecule has 1 aliphatic heterocycles. The predicted molar refractivity (Wildman–Crippen MR) is 92.2 cm³/mol. The molecule has 7 heteroatoms. The SMILES string of the molecule is COc1cccc(-c2cc(C(=O)NCc3ccc4c(c3)OCO4)on2)c1. The zero-order valence-electron chi connectivity index (χ0n) is 14.0. The first kappa shape index (κ1) is 16.0. The molecule has 0 saturated carbocycles. The van der Waals surface area contributed by atoms with Crippen LogP contribution in [0.5, 0.6) is 17.2 Å². The van der Waals surface area contributed by atoms with Gasteiger partial charge in [-0.1, -0.05) is 23.4 Å². The van der Waals surface area contributed by atoms with Gasteiger partial charge in [-0.05, 0) is 29.8 Å². The van der Waals surface area contributed by atoms with Crippen LogP contribution in [0.2, 0.25) is 0 Å². The Balaban J connectivity index is 1.43. The Bertz CT molecular complexity index is 951. The number of rotatable bonds is 5. The van der Waals surface area contributed by atoms with Gasteiger partial charge in [-0.25, -0.2) is 0 Å². The third-order valence-electron chi connectivity index (χ3n) is 3.99. The number of carbonyl (C=O) groups is 1. The third kappa shape index (κ3) is 3.19. The number of ether oxygens (including phenoxy) is 3. The summed E-state index contributed by atoms with van der Waals surface area (Å²) >= 11 is 0. The molecule has 1 aliphatic rings. The number of hydrogen-bond acceptors (Lipinski definition) is 6. The van der Waals surface area contributed by atoms with Gasteiger partial charge in [0.05, 0.1) is 7.11 Å². The Morgan fingerprint density at radius 2 is 2.04 bits per heavy atom. The predicted octanol–water partition coefficient (Wildman–Crippen LogP) is 3.01. The van der Waals surface area contributed by atoms with Crippen molar-refractivity contribution >= 4 is 5.91 Å². The van der Waals surface area contributed by atoms with Crippen LogP contribution in [0.1, 0.15) is 16.1 Å². The van der Waals surface area contributed by atoms with Crippen molar-refractivity contribution in [1.82, 2.24) is 10.5 Å². The highest BCUT2D eigenvalue weighted by atomic mass is 16.7. The van der Waals surface area contributed by atoms with E-state index >= 15 is 0 Å².